The molecule has 0 spiro atoms. The first kappa shape index (κ1) is 16.4. The molecule has 1 aromatic rings. The maximum absolute atomic E-state index is 9.46. The Balaban J connectivity index is 1.53. The molecular formula is C16H27N5O2. The molecule has 128 valence electrons. The van der Waals surface area contributed by atoms with E-state index < -0.39 is 0 Å². The number of ether oxygens (including phenoxy) is 1. The Labute approximate surface area is 137 Å². The van der Waals surface area contributed by atoms with Crippen LogP contribution in [0.5, 0.6) is 0 Å². The topological polar surface area (TPSA) is 73.8 Å². The molecule has 1 aromatic heterocycles. The first-order valence-electron chi connectivity index (χ1n) is 8.53. The summed E-state index contributed by atoms with van der Waals surface area (Å²) in [5, 5.41) is 12.8. The Hall–Kier alpha value is -1.44. The Morgan fingerprint density at radius 1 is 1.39 bits per heavy atom. The summed E-state index contributed by atoms with van der Waals surface area (Å²) in [6.45, 7) is 7.79. The van der Waals surface area contributed by atoms with Crippen molar-refractivity contribution in [1.82, 2.24) is 14.9 Å². The van der Waals surface area contributed by atoms with Gasteiger partial charge in [0.1, 0.15) is 18.0 Å². The summed E-state index contributed by atoms with van der Waals surface area (Å²) >= 11 is 0. The average Bonchev–Trinajstić information content (AvgIpc) is 3.06. The number of anilines is 2. The lowest BCUT2D eigenvalue weighted by atomic mass is 10.2. The third-order valence-electron chi connectivity index (χ3n) is 4.75. The fraction of sp³-hybridized carbons (Fsp3) is 0.750. The van der Waals surface area contributed by atoms with Crippen molar-refractivity contribution >= 4 is 11.6 Å². The number of hydrogen-bond acceptors (Lipinski definition) is 7. The molecular weight excluding hydrogens is 294 g/mol. The van der Waals surface area contributed by atoms with Crippen LogP contribution in [0.2, 0.25) is 0 Å². The van der Waals surface area contributed by atoms with Crippen LogP contribution in [0.1, 0.15) is 19.8 Å². The lowest BCUT2D eigenvalue weighted by molar-refractivity contribution is 0.00181. The molecule has 2 aliphatic heterocycles. The molecule has 0 saturated carbocycles. The largest absolute Gasteiger partial charge is 0.394 e. The zero-order valence-corrected chi connectivity index (χ0v) is 13.8. The molecule has 0 aromatic carbocycles. The standard InChI is InChI=1S/C16H27N5O2/c1-13-11-23-8-7-20(13)6-4-17-15-9-16(19-12-18-15)21-5-2-3-14(21)10-22/h9,12-14,22H,2-8,10-11H2,1H3,(H,17,18,19)/t13-,14-/m1/s1. The van der Waals surface area contributed by atoms with E-state index >= 15 is 0 Å². The monoisotopic (exact) mass is 321 g/mol. The van der Waals surface area contributed by atoms with E-state index in [1.807, 2.05) is 6.07 Å². The number of rotatable bonds is 6. The quantitative estimate of drug-likeness (QED) is 0.793. The van der Waals surface area contributed by atoms with Crippen LogP contribution in [0, 0.1) is 0 Å². The van der Waals surface area contributed by atoms with Crippen LogP contribution in [0.3, 0.4) is 0 Å². The average molecular weight is 321 g/mol. The number of aromatic nitrogens is 2. The van der Waals surface area contributed by atoms with Crippen LogP contribution < -0.4 is 10.2 Å². The van der Waals surface area contributed by atoms with E-state index in [9.17, 15) is 5.11 Å². The second-order valence-corrected chi connectivity index (χ2v) is 6.32. The maximum atomic E-state index is 9.46. The maximum Gasteiger partial charge on any atom is 0.134 e. The lowest BCUT2D eigenvalue weighted by Crippen LogP contribution is -2.45. The highest BCUT2D eigenvalue weighted by Gasteiger charge is 2.25. The van der Waals surface area contributed by atoms with Crippen molar-refractivity contribution in [3.05, 3.63) is 12.4 Å². The Kier molecular flexibility index (Phi) is 5.64. The molecule has 3 rings (SSSR count). The molecule has 2 aliphatic rings. The molecule has 0 radical (unpaired) electrons. The summed E-state index contributed by atoms with van der Waals surface area (Å²) in [6, 6.07) is 2.64. The summed E-state index contributed by atoms with van der Waals surface area (Å²) in [6.07, 6.45) is 3.73. The number of aliphatic hydroxyl groups excluding tert-OH is 1. The van der Waals surface area contributed by atoms with Crippen molar-refractivity contribution in [2.45, 2.75) is 31.8 Å². The SMILES string of the molecule is C[C@@H]1COCCN1CCNc1cc(N2CCC[C@@H]2CO)ncn1. The van der Waals surface area contributed by atoms with E-state index in [0.29, 0.717) is 6.04 Å². The van der Waals surface area contributed by atoms with Crippen LogP contribution in [0.15, 0.2) is 12.4 Å². The third kappa shape index (κ3) is 4.10. The fourth-order valence-corrected chi connectivity index (χ4v) is 3.35. The highest BCUT2D eigenvalue weighted by atomic mass is 16.5. The van der Waals surface area contributed by atoms with Gasteiger partial charge >= 0.3 is 0 Å². The van der Waals surface area contributed by atoms with Crippen LogP contribution in [0.4, 0.5) is 11.6 Å². The number of aliphatic hydroxyl groups is 1. The summed E-state index contributed by atoms with van der Waals surface area (Å²) in [5.41, 5.74) is 0. The van der Waals surface area contributed by atoms with E-state index in [1.54, 1.807) is 6.33 Å². The van der Waals surface area contributed by atoms with Gasteiger partial charge in [0.25, 0.3) is 0 Å². The molecule has 0 aliphatic carbocycles. The van der Waals surface area contributed by atoms with Gasteiger partial charge in [-0.15, -0.1) is 0 Å². The van der Waals surface area contributed by atoms with Gasteiger partial charge in [0, 0.05) is 38.3 Å². The van der Waals surface area contributed by atoms with Crippen molar-refractivity contribution in [3.8, 4) is 0 Å². The van der Waals surface area contributed by atoms with Gasteiger partial charge in [-0.25, -0.2) is 9.97 Å². The first-order chi connectivity index (χ1) is 11.3. The van der Waals surface area contributed by atoms with E-state index in [-0.39, 0.29) is 12.6 Å². The minimum atomic E-state index is 0.182. The second-order valence-electron chi connectivity index (χ2n) is 6.32. The molecule has 2 saturated heterocycles. The van der Waals surface area contributed by atoms with E-state index in [0.717, 1.165) is 63.9 Å². The summed E-state index contributed by atoms with van der Waals surface area (Å²) < 4.78 is 5.46. The smallest absolute Gasteiger partial charge is 0.134 e. The number of nitrogens with one attached hydrogen (secondary N) is 1. The molecule has 3 heterocycles. The molecule has 7 nitrogen and oxygen atoms in total. The molecule has 0 bridgehead atoms. The van der Waals surface area contributed by atoms with Crippen molar-refractivity contribution < 1.29 is 9.84 Å². The predicted octanol–water partition coefficient (Wildman–Crippen LogP) is 0.570. The molecule has 2 atom stereocenters. The van der Waals surface area contributed by atoms with Gasteiger partial charge in [0.2, 0.25) is 0 Å². The first-order valence-corrected chi connectivity index (χ1v) is 8.53. The number of nitrogens with zero attached hydrogens (tertiary/aromatic N) is 4. The number of morpholine rings is 1. The minimum absolute atomic E-state index is 0.182. The normalized spacial score (nSPS) is 25.7. The Morgan fingerprint density at radius 2 is 2.30 bits per heavy atom. The van der Waals surface area contributed by atoms with Gasteiger partial charge in [-0.3, -0.25) is 4.90 Å². The minimum Gasteiger partial charge on any atom is -0.394 e. The highest BCUT2D eigenvalue weighted by Crippen LogP contribution is 2.24. The Bertz CT molecular complexity index is 501. The molecule has 2 fully saturated rings. The van der Waals surface area contributed by atoms with Crippen molar-refractivity contribution in [1.29, 1.82) is 0 Å². The molecule has 0 amide bonds. The highest BCUT2D eigenvalue weighted by molar-refractivity contribution is 5.49. The zero-order valence-electron chi connectivity index (χ0n) is 13.8. The van der Waals surface area contributed by atoms with Crippen molar-refractivity contribution in [3.63, 3.8) is 0 Å². The Morgan fingerprint density at radius 3 is 3.13 bits per heavy atom. The van der Waals surface area contributed by atoms with Crippen molar-refractivity contribution in [2.24, 2.45) is 0 Å². The molecule has 7 heteroatoms. The zero-order chi connectivity index (χ0) is 16.1. The molecule has 0 unspecified atom stereocenters. The number of hydrogen-bond donors (Lipinski definition) is 2. The van der Waals surface area contributed by atoms with Crippen molar-refractivity contribution in [2.75, 3.05) is 56.2 Å². The van der Waals surface area contributed by atoms with Gasteiger partial charge in [-0.05, 0) is 19.8 Å². The van der Waals surface area contributed by atoms with Gasteiger partial charge in [0.15, 0.2) is 0 Å². The van der Waals surface area contributed by atoms with E-state index in [1.165, 1.54) is 0 Å². The fourth-order valence-electron chi connectivity index (χ4n) is 3.35. The van der Waals surface area contributed by atoms with Crippen LogP contribution in [-0.2, 0) is 4.74 Å². The van der Waals surface area contributed by atoms with E-state index in [4.69, 9.17) is 4.74 Å². The van der Waals surface area contributed by atoms with Gasteiger partial charge in [-0.1, -0.05) is 0 Å². The van der Waals surface area contributed by atoms with Crippen LogP contribution in [0.25, 0.3) is 0 Å². The summed E-state index contributed by atoms with van der Waals surface area (Å²) in [7, 11) is 0. The van der Waals surface area contributed by atoms with Crippen LogP contribution >= 0.6 is 0 Å². The van der Waals surface area contributed by atoms with Gasteiger partial charge < -0.3 is 20.1 Å². The molecule has 23 heavy (non-hydrogen) atoms. The second kappa shape index (κ2) is 7.90. The lowest BCUT2D eigenvalue weighted by Gasteiger charge is -2.33. The van der Waals surface area contributed by atoms with E-state index in [2.05, 4.69) is 32.0 Å². The predicted molar refractivity (Wildman–Crippen MR) is 89.8 cm³/mol. The summed E-state index contributed by atoms with van der Waals surface area (Å²) in [4.78, 5) is 13.3. The van der Waals surface area contributed by atoms with Crippen LogP contribution in [-0.4, -0.2) is 78.1 Å². The molecule has 2 N–H and O–H groups in total. The third-order valence-corrected chi connectivity index (χ3v) is 4.75. The van der Waals surface area contributed by atoms with Gasteiger partial charge in [0.05, 0.1) is 25.9 Å². The van der Waals surface area contributed by atoms with Gasteiger partial charge in [-0.2, -0.15) is 0 Å². The summed E-state index contributed by atoms with van der Waals surface area (Å²) in [5.74, 6) is 1.75.